The van der Waals surface area contributed by atoms with Crippen molar-refractivity contribution >= 4 is 11.7 Å². The number of methoxy groups -OCH3 is 1. The monoisotopic (exact) mass is 184 g/mol. The van der Waals surface area contributed by atoms with Crippen LogP contribution in [0.3, 0.4) is 0 Å². The first-order valence-corrected chi connectivity index (χ1v) is 4.58. The Morgan fingerprint density at radius 2 is 2.15 bits per heavy atom. The highest BCUT2D eigenvalue weighted by Gasteiger charge is 2.35. The van der Waals surface area contributed by atoms with Gasteiger partial charge in [0.15, 0.2) is 0 Å². The van der Waals surface area contributed by atoms with Crippen LogP contribution in [0.15, 0.2) is 4.99 Å². The van der Waals surface area contributed by atoms with Gasteiger partial charge in [-0.1, -0.05) is 13.8 Å². The number of ether oxygens (including phenoxy) is 1. The molecule has 0 aromatic rings. The minimum Gasteiger partial charge on any atom is -0.370 e. The minimum atomic E-state index is -0.397. The van der Waals surface area contributed by atoms with E-state index >= 15 is 0 Å². The van der Waals surface area contributed by atoms with Crippen molar-refractivity contribution in [2.45, 2.75) is 32.3 Å². The molecule has 0 bridgehead atoms. The van der Waals surface area contributed by atoms with Crippen LogP contribution in [0, 0.1) is 0 Å². The largest absolute Gasteiger partial charge is 0.370 e. The number of carbonyl (C=O) groups is 1. The van der Waals surface area contributed by atoms with E-state index < -0.39 is 5.60 Å². The molecule has 0 unspecified atom stereocenters. The van der Waals surface area contributed by atoms with E-state index in [1.54, 1.807) is 7.11 Å². The summed E-state index contributed by atoms with van der Waals surface area (Å²) in [5.74, 6) is 0.642. The Kier molecular flexibility index (Phi) is 3.03. The SMILES string of the molecule is CCC(CC)(OC)C1=NCC(=O)N1. The predicted octanol–water partition coefficient (Wildman–Crippen LogP) is 0.720. The normalized spacial score (nSPS) is 17.2. The average molecular weight is 184 g/mol. The maximum absolute atomic E-state index is 11.0. The zero-order valence-electron chi connectivity index (χ0n) is 8.39. The lowest BCUT2D eigenvalue weighted by molar-refractivity contribution is -0.117. The number of carbonyl (C=O) groups excluding carboxylic acids is 1. The molecule has 0 fully saturated rings. The van der Waals surface area contributed by atoms with Crippen molar-refractivity contribution in [1.29, 1.82) is 0 Å². The third kappa shape index (κ3) is 1.72. The fraction of sp³-hybridized carbons (Fsp3) is 0.778. The molecule has 0 atom stereocenters. The summed E-state index contributed by atoms with van der Waals surface area (Å²) in [6, 6.07) is 0. The Labute approximate surface area is 78.4 Å². The lowest BCUT2D eigenvalue weighted by Crippen LogP contribution is -2.46. The van der Waals surface area contributed by atoms with Gasteiger partial charge in [0, 0.05) is 7.11 Å². The summed E-state index contributed by atoms with van der Waals surface area (Å²) in [6.45, 7) is 4.29. The van der Waals surface area contributed by atoms with Crippen LogP contribution in [0.25, 0.3) is 0 Å². The molecule has 74 valence electrons. The Balaban J connectivity index is 2.82. The second kappa shape index (κ2) is 3.87. The van der Waals surface area contributed by atoms with Crippen molar-refractivity contribution in [1.82, 2.24) is 5.32 Å². The molecule has 1 heterocycles. The van der Waals surface area contributed by atoms with Crippen LogP contribution in [-0.2, 0) is 9.53 Å². The molecule has 0 saturated carbocycles. The maximum atomic E-state index is 11.0. The number of rotatable bonds is 4. The summed E-state index contributed by atoms with van der Waals surface area (Å²) in [4.78, 5) is 15.1. The standard InChI is InChI=1S/C9H16N2O2/c1-4-9(5-2,13-3)8-10-6-7(12)11-8/h4-6H2,1-3H3,(H,10,11,12). The molecule has 0 aliphatic carbocycles. The lowest BCUT2D eigenvalue weighted by atomic mass is 9.95. The second-order valence-electron chi connectivity index (χ2n) is 3.12. The topological polar surface area (TPSA) is 50.7 Å². The smallest absolute Gasteiger partial charge is 0.247 e. The highest BCUT2D eigenvalue weighted by molar-refractivity contribution is 6.07. The first-order chi connectivity index (χ1) is 6.18. The van der Waals surface area contributed by atoms with Crippen LogP contribution in [0.5, 0.6) is 0 Å². The zero-order chi connectivity index (χ0) is 9.90. The van der Waals surface area contributed by atoms with E-state index in [-0.39, 0.29) is 12.5 Å². The van der Waals surface area contributed by atoms with Gasteiger partial charge in [-0.05, 0) is 12.8 Å². The molecule has 1 rings (SSSR count). The van der Waals surface area contributed by atoms with Crippen molar-refractivity contribution in [3.63, 3.8) is 0 Å². The summed E-state index contributed by atoms with van der Waals surface area (Å²) >= 11 is 0. The van der Waals surface area contributed by atoms with Crippen molar-refractivity contribution in [2.24, 2.45) is 4.99 Å². The average Bonchev–Trinajstić information content (AvgIpc) is 2.57. The second-order valence-corrected chi connectivity index (χ2v) is 3.12. The molecule has 1 aliphatic heterocycles. The van der Waals surface area contributed by atoms with Gasteiger partial charge in [0.1, 0.15) is 18.0 Å². The summed E-state index contributed by atoms with van der Waals surface area (Å²) in [5.41, 5.74) is -0.397. The van der Waals surface area contributed by atoms with Gasteiger partial charge in [0.2, 0.25) is 5.91 Å². The van der Waals surface area contributed by atoms with Crippen LogP contribution in [0.4, 0.5) is 0 Å². The molecule has 0 radical (unpaired) electrons. The maximum Gasteiger partial charge on any atom is 0.247 e. The quantitative estimate of drug-likeness (QED) is 0.700. The summed E-state index contributed by atoms with van der Waals surface area (Å²) in [7, 11) is 1.65. The number of amides is 1. The van der Waals surface area contributed by atoms with Gasteiger partial charge in [-0.3, -0.25) is 9.79 Å². The molecular weight excluding hydrogens is 168 g/mol. The number of hydrogen-bond donors (Lipinski definition) is 1. The van der Waals surface area contributed by atoms with Crippen molar-refractivity contribution in [3.05, 3.63) is 0 Å². The van der Waals surface area contributed by atoms with Gasteiger partial charge >= 0.3 is 0 Å². The van der Waals surface area contributed by atoms with E-state index in [1.165, 1.54) is 0 Å². The van der Waals surface area contributed by atoms with Crippen molar-refractivity contribution < 1.29 is 9.53 Å². The highest BCUT2D eigenvalue weighted by atomic mass is 16.5. The minimum absolute atomic E-state index is 0.0432. The van der Waals surface area contributed by atoms with Crippen LogP contribution in [0.1, 0.15) is 26.7 Å². The third-order valence-corrected chi connectivity index (χ3v) is 2.60. The molecule has 1 N–H and O–H groups in total. The van der Waals surface area contributed by atoms with Gasteiger partial charge in [-0.25, -0.2) is 0 Å². The number of aliphatic imine (C=N–C) groups is 1. The molecule has 0 aromatic carbocycles. The number of nitrogens with one attached hydrogen (secondary N) is 1. The first-order valence-electron chi connectivity index (χ1n) is 4.58. The van der Waals surface area contributed by atoms with Crippen LogP contribution >= 0.6 is 0 Å². The van der Waals surface area contributed by atoms with Gasteiger partial charge < -0.3 is 10.1 Å². The molecular formula is C9H16N2O2. The van der Waals surface area contributed by atoms with E-state index in [9.17, 15) is 4.79 Å². The van der Waals surface area contributed by atoms with Gasteiger partial charge in [0.25, 0.3) is 0 Å². The Morgan fingerprint density at radius 3 is 2.46 bits per heavy atom. The fourth-order valence-electron chi connectivity index (χ4n) is 1.59. The van der Waals surface area contributed by atoms with Crippen LogP contribution in [-0.4, -0.2) is 31.0 Å². The van der Waals surface area contributed by atoms with Gasteiger partial charge in [0.05, 0.1) is 0 Å². The Morgan fingerprint density at radius 1 is 1.54 bits per heavy atom. The highest BCUT2D eigenvalue weighted by Crippen LogP contribution is 2.21. The molecule has 0 saturated heterocycles. The van der Waals surface area contributed by atoms with E-state index in [1.807, 2.05) is 13.8 Å². The van der Waals surface area contributed by atoms with E-state index in [0.29, 0.717) is 5.84 Å². The summed E-state index contributed by atoms with van der Waals surface area (Å²) in [6.07, 6.45) is 1.64. The lowest BCUT2D eigenvalue weighted by Gasteiger charge is -2.29. The van der Waals surface area contributed by atoms with E-state index in [4.69, 9.17) is 4.74 Å². The van der Waals surface area contributed by atoms with E-state index in [0.717, 1.165) is 12.8 Å². The number of nitrogens with zero attached hydrogens (tertiary/aromatic N) is 1. The zero-order valence-corrected chi connectivity index (χ0v) is 8.39. The molecule has 4 heteroatoms. The van der Waals surface area contributed by atoms with Crippen molar-refractivity contribution in [3.8, 4) is 0 Å². The van der Waals surface area contributed by atoms with Crippen molar-refractivity contribution in [2.75, 3.05) is 13.7 Å². The molecule has 0 spiro atoms. The molecule has 0 aromatic heterocycles. The van der Waals surface area contributed by atoms with Gasteiger partial charge in [-0.2, -0.15) is 0 Å². The third-order valence-electron chi connectivity index (χ3n) is 2.60. The molecule has 1 aliphatic rings. The molecule has 13 heavy (non-hydrogen) atoms. The number of hydrogen-bond acceptors (Lipinski definition) is 3. The first kappa shape index (κ1) is 10.2. The molecule has 1 amide bonds. The van der Waals surface area contributed by atoms with Gasteiger partial charge in [-0.15, -0.1) is 0 Å². The van der Waals surface area contributed by atoms with Crippen LogP contribution < -0.4 is 5.32 Å². The Bertz CT molecular complexity index is 224. The summed E-state index contributed by atoms with van der Waals surface area (Å²) in [5, 5.41) is 2.73. The molecule has 4 nitrogen and oxygen atoms in total. The van der Waals surface area contributed by atoms with Crippen LogP contribution in [0.2, 0.25) is 0 Å². The fourth-order valence-corrected chi connectivity index (χ4v) is 1.59. The predicted molar refractivity (Wildman–Crippen MR) is 50.8 cm³/mol. The summed E-state index contributed by atoms with van der Waals surface area (Å²) < 4.78 is 5.42. The number of amidine groups is 1. The van der Waals surface area contributed by atoms with E-state index in [2.05, 4.69) is 10.3 Å². The Hall–Kier alpha value is -0.900.